The largest absolute Gasteiger partial charge is 0.493 e. The normalized spacial score (nSPS) is 10.5. The van der Waals surface area contributed by atoms with E-state index in [-0.39, 0.29) is 17.7 Å². The fourth-order valence-electron chi connectivity index (χ4n) is 2.02. The van der Waals surface area contributed by atoms with Gasteiger partial charge in [-0.2, -0.15) is 5.26 Å². The van der Waals surface area contributed by atoms with Gasteiger partial charge >= 0.3 is 0 Å². The number of benzene rings is 1. The number of nitriles is 1. The topological polar surface area (TPSA) is 92.8 Å². The first kappa shape index (κ1) is 18.8. The third-order valence-corrected chi connectivity index (χ3v) is 4.21. The van der Waals surface area contributed by atoms with Crippen molar-refractivity contribution in [3.8, 4) is 11.8 Å². The van der Waals surface area contributed by atoms with Gasteiger partial charge in [-0.25, -0.2) is 0 Å². The van der Waals surface area contributed by atoms with Gasteiger partial charge in [0.15, 0.2) is 5.16 Å². The van der Waals surface area contributed by atoms with Gasteiger partial charge in [-0.15, -0.1) is 10.2 Å². The SMILES string of the molecule is CC(C)n1cnnc1SCC(=O)Nc1cccc(OCCCC#N)c1. The van der Waals surface area contributed by atoms with E-state index in [2.05, 4.69) is 21.6 Å². The van der Waals surface area contributed by atoms with Gasteiger partial charge in [-0.3, -0.25) is 4.79 Å². The van der Waals surface area contributed by atoms with Crippen LogP contribution in [0.4, 0.5) is 5.69 Å². The molecule has 25 heavy (non-hydrogen) atoms. The molecule has 0 saturated heterocycles. The van der Waals surface area contributed by atoms with E-state index in [0.717, 1.165) is 5.16 Å². The smallest absolute Gasteiger partial charge is 0.234 e. The van der Waals surface area contributed by atoms with Gasteiger partial charge in [0.25, 0.3) is 0 Å². The van der Waals surface area contributed by atoms with Crippen molar-refractivity contribution in [2.24, 2.45) is 0 Å². The minimum atomic E-state index is -0.120. The quantitative estimate of drug-likeness (QED) is 0.545. The summed E-state index contributed by atoms with van der Waals surface area (Å²) >= 11 is 1.35. The number of unbranched alkanes of at least 4 members (excludes halogenated alkanes) is 1. The molecule has 0 fully saturated rings. The number of carbonyl (C=O) groups excluding carboxylic acids is 1. The number of anilines is 1. The van der Waals surface area contributed by atoms with E-state index in [1.807, 2.05) is 30.5 Å². The second-order valence-electron chi connectivity index (χ2n) is 5.59. The van der Waals surface area contributed by atoms with Crippen molar-refractivity contribution in [1.82, 2.24) is 14.8 Å². The molecule has 132 valence electrons. The maximum Gasteiger partial charge on any atom is 0.234 e. The highest BCUT2D eigenvalue weighted by Crippen LogP contribution is 2.20. The van der Waals surface area contributed by atoms with Crippen LogP contribution in [0.15, 0.2) is 35.7 Å². The number of carbonyl (C=O) groups is 1. The molecule has 1 N–H and O–H groups in total. The van der Waals surface area contributed by atoms with Crippen LogP contribution in [-0.2, 0) is 4.79 Å². The zero-order chi connectivity index (χ0) is 18.1. The number of aromatic nitrogens is 3. The van der Waals surface area contributed by atoms with Crippen LogP contribution < -0.4 is 10.1 Å². The number of thioether (sulfide) groups is 1. The second-order valence-corrected chi connectivity index (χ2v) is 6.53. The Morgan fingerprint density at radius 1 is 1.48 bits per heavy atom. The number of amides is 1. The first-order valence-corrected chi connectivity index (χ1v) is 9.00. The van der Waals surface area contributed by atoms with E-state index in [4.69, 9.17) is 10.00 Å². The average Bonchev–Trinajstić information content (AvgIpc) is 3.06. The fourth-order valence-corrected chi connectivity index (χ4v) is 2.87. The first-order chi connectivity index (χ1) is 12.1. The Morgan fingerprint density at radius 2 is 2.32 bits per heavy atom. The third kappa shape index (κ3) is 6.12. The number of rotatable bonds is 9. The average molecular weight is 359 g/mol. The lowest BCUT2D eigenvalue weighted by Gasteiger charge is -2.10. The summed E-state index contributed by atoms with van der Waals surface area (Å²) in [4.78, 5) is 12.1. The molecule has 0 aliphatic carbocycles. The molecule has 1 aromatic heterocycles. The van der Waals surface area contributed by atoms with Gasteiger partial charge in [-0.1, -0.05) is 17.8 Å². The summed E-state index contributed by atoms with van der Waals surface area (Å²) in [5.41, 5.74) is 0.675. The standard InChI is InChI=1S/C17H21N5O2S/c1-13(2)22-12-19-21-17(22)25-11-16(23)20-14-6-5-7-15(10-14)24-9-4-3-8-18/h5-7,10,12-13H,3-4,9,11H2,1-2H3,(H,20,23). The van der Waals surface area contributed by atoms with E-state index in [0.29, 0.717) is 30.9 Å². The minimum Gasteiger partial charge on any atom is -0.493 e. The Bertz CT molecular complexity index is 739. The molecule has 0 atom stereocenters. The van der Waals surface area contributed by atoms with E-state index in [1.54, 1.807) is 18.5 Å². The van der Waals surface area contributed by atoms with E-state index in [1.165, 1.54) is 11.8 Å². The van der Waals surface area contributed by atoms with Gasteiger partial charge in [0.05, 0.1) is 18.4 Å². The van der Waals surface area contributed by atoms with Crippen molar-refractivity contribution in [1.29, 1.82) is 5.26 Å². The molecule has 1 heterocycles. The highest BCUT2D eigenvalue weighted by Gasteiger charge is 2.11. The number of nitrogens with one attached hydrogen (secondary N) is 1. The predicted octanol–water partition coefficient (Wildman–Crippen LogP) is 3.27. The van der Waals surface area contributed by atoms with Gasteiger partial charge in [0.2, 0.25) is 5.91 Å². The molecule has 1 aromatic carbocycles. The molecule has 0 saturated carbocycles. The molecule has 7 nitrogen and oxygen atoms in total. The van der Waals surface area contributed by atoms with Crippen LogP contribution in [0.2, 0.25) is 0 Å². The molecule has 0 radical (unpaired) electrons. The van der Waals surface area contributed by atoms with Gasteiger partial charge in [-0.05, 0) is 32.4 Å². The van der Waals surface area contributed by atoms with Crippen molar-refractivity contribution >= 4 is 23.4 Å². The highest BCUT2D eigenvalue weighted by molar-refractivity contribution is 7.99. The molecule has 0 aliphatic heterocycles. The molecule has 8 heteroatoms. The lowest BCUT2D eigenvalue weighted by Crippen LogP contribution is -2.15. The zero-order valence-corrected chi connectivity index (χ0v) is 15.1. The molecule has 2 aromatic rings. The highest BCUT2D eigenvalue weighted by atomic mass is 32.2. The van der Waals surface area contributed by atoms with Crippen molar-refractivity contribution in [2.75, 3.05) is 17.7 Å². The van der Waals surface area contributed by atoms with Crippen molar-refractivity contribution in [2.45, 2.75) is 37.9 Å². The fraction of sp³-hybridized carbons (Fsp3) is 0.412. The third-order valence-electron chi connectivity index (χ3n) is 3.25. The summed E-state index contributed by atoms with van der Waals surface area (Å²) in [5, 5.41) is 20.0. The molecule has 0 spiro atoms. The molecule has 2 rings (SSSR count). The van der Waals surface area contributed by atoms with E-state index >= 15 is 0 Å². The van der Waals surface area contributed by atoms with Crippen LogP contribution in [0.3, 0.4) is 0 Å². The van der Waals surface area contributed by atoms with Crippen molar-refractivity contribution < 1.29 is 9.53 Å². The Hall–Kier alpha value is -2.53. The summed E-state index contributed by atoms with van der Waals surface area (Å²) in [5.74, 6) is 0.798. The van der Waals surface area contributed by atoms with Gasteiger partial charge in [0.1, 0.15) is 12.1 Å². The summed E-state index contributed by atoms with van der Waals surface area (Å²) in [7, 11) is 0. The first-order valence-electron chi connectivity index (χ1n) is 8.02. The monoisotopic (exact) mass is 359 g/mol. The Balaban J connectivity index is 1.84. The number of ether oxygens (including phenoxy) is 1. The predicted molar refractivity (Wildman–Crippen MR) is 96.5 cm³/mol. The summed E-state index contributed by atoms with van der Waals surface area (Å²) in [6.45, 7) is 4.55. The molecule has 1 amide bonds. The lowest BCUT2D eigenvalue weighted by molar-refractivity contribution is -0.113. The molecular formula is C17H21N5O2S. The summed E-state index contributed by atoms with van der Waals surface area (Å²) < 4.78 is 7.49. The maximum atomic E-state index is 12.1. The van der Waals surface area contributed by atoms with Gasteiger partial charge in [0, 0.05) is 24.2 Å². The lowest BCUT2D eigenvalue weighted by atomic mass is 10.3. The number of hydrogen-bond acceptors (Lipinski definition) is 6. The summed E-state index contributed by atoms with van der Waals surface area (Å²) in [6.07, 6.45) is 2.81. The van der Waals surface area contributed by atoms with Crippen LogP contribution in [0.5, 0.6) is 5.75 Å². The number of hydrogen-bond donors (Lipinski definition) is 1. The zero-order valence-electron chi connectivity index (χ0n) is 14.3. The Labute approximate surface area is 151 Å². The number of nitrogens with zero attached hydrogens (tertiary/aromatic N) is 4. The van der Waals surface area contributed by atoms with E-state index < -0.39 is 0 Å². The van der Waals surface area contributed by atoms with Crippen LogP contribution >= 0.6 is 11.8 Å². The molecule has 0 unspecified atom stereocenters. The van der Waals surface area contributed by atoms with Crippen molar-refractivity contribution in [3.63, 3.8) is 0 Å². The molecule has 0 bridgehead atoms. The van der Waals surface area contributed by atoms with Crippen LogP contribution in [0, 0.1) is 11.3 Å². The Morgan fingerprint density at radius 3 is 3.08 bits per heavy atom. The second kappa shape index (κ2) is 9.69. The minimum absolute atomic E-state index is 0.120. The van der Waals surface area contributed by atoms with Crippen LogP contribution in [0.25, 0.3) is 0 Å². The van der Waals surface area contributed by atoms with Crippen LogP contribution in [0.1, 0.15) is 32.7 Å². The van der Waals surface area contributed by atoms with Crippen molar-refractivity contribution in [3.05, 3.63) is 30.6 Å². The molecular weight excluding hydrogens is 338 g/mol. The Kier molecular flexibility index (Phi) is 7.29. The maximum absolute atomic E-state index is 12.1. The summed E-state index contributed by atoms with van der Waals surface area (Å²) in [6, 6.07) is 9.54. The molecule has 0 aliphatic rings. The van der Waals surface area contributed by atoms with Gasteiger partial charge < -0.3 is 14.6 Å². The van der Waals surface area contributed by atoms with Crippen LogP contribution in [-0.4, -0.2) is 33.0 Å². The van der Waals surface area contributed by atoms with E-state index in [9.17, 15) is 4.79 Å².